The monoisotopic (exact) mass is 372 g/mol. The predicted molar refractivity (Wildman–Crippen MR) is 89.4 cm³/mol. The van der Waals surface area contributed by atoms with Crippen LogP contribution in [-0.4, -0.2) is 42.8 Å². The quantitative estimate of drug-likeness (QED) is 0.879. The van der Waals surface area contributed by atoms with Gasteiger partial charge < -0.3 is 15.0 Å². The number of piperidine rings is 1. The van der Waals surface area contributed by atoms with E-state index in [9.17, 15) is 22.8 Å². The topological polar surface area (TPSA) is 58.6 Å². The van der Waals surface area contributed by atoms with Crippen LogP contribution in [0, 0.1) is 12.8 Å². The highest BCUT2D eigenvalue weighted by molar-refractivity contribution is 5.79. The molecule has 8 heteroatoms. The Balaban J connectivity index is 1.81. The molecular weight excluding hydrogens is 349 g/mol. The van der Waals surface area contributed by atoms with Crippen LogP contribution in [0.25, 0.3) is 0 Å². The molecule has 1 unspecified atom stereocenters. The highest BCUT2D eigenvalue weighted by Crippen LogP contribution is 2.22. The molecule has 144 valence electrons. The summed E-state index contributed by atoms with van der Waals surface area (Å²) in [6.45, 7) is 2.69. The summed E-state index contributed by atoms with van der Waals surface area (Å²) >= 11 is 0. The van der Waals surface area contributed by atoms with Crippen LogP contribution in [0.15, 0.2) is 24.3 Å². The summed E-state index contributed by atoms with van der Waals surface area (Å²) in [4.78, 5) is 25.3. The average Bonchev–Trinajstić information content (AvgIpc) is 2.59. The van der Waals surface area contributed by atoms with Crippen molar-refractivity contribution >= 4 is 12.0 Å². The molecule has 0 aromatic heterocycles. The summed E-state index contributed by atoms with van der Waals surface area (Å²) in [5, 5.41) is 2.97. The molecule has 2 amide bonds. The number of benzene rings is 1. The summed E-state index contributed by atoms with van der Waals surface area (Å²) in [6.07, 6.45) is -4.74. The third-order valence-electron chi connectivity index (χ3n) is 4.50. The van der Waals surface area contributed by atoms with Crippen molar-refractivity contribution in [2.75, 3.05) is 19.7 Å². The fourth-order valence-electron chi connectivity index (χ4n) is 3.04. The number of carbonyl (C=O) groups is 2. The van der Waals surface area contributed by atoms with Crippen LogP contribution >= 0.6 is 0 Å². The molecule has 1 aliphatic heterocycles. The Hall–Kier alpha value is -2.25. The van der Waals surface area contributed by atoms with Crippen molar-refractivity contribution < 1.29 is 27.5 Å². The van der Waals surface area contributed by atoms with Gasteiger partial charge in [-0.05, 0) is 37.8 Å². The van der Waals surface area contributed by atoms with Crippen molar-refractivity contribution in [3.05, 3.63) is 35.4 Å². The largest absolute Gasteiger partial charge is 0.440 e. The number of aryl methyl sites for hydroxylation is 1. The van der Waals surface area contributed by atoms with Gasteiger partial charge >= 0.3 is 12.3 Å². The van der Waals surface area contributed by atoms with E-state index < -0.39 is 18.9 Å². The van der Waals surface area contributed by atoms with Gasteiger partial charge in [0.1, 0.15) is 0 Å². The molecule has 1 aliphatic rings. The van der Waals surface area contributed by atoms with Crippen LogP contribution in [0.1, 0.15) is 36.9 Å². The zero-order valence-electron chi connectivity index (χ0n) is 14.8. The molecule has 0 bridgehead atoms. The minimum absolute atomic E-state index is 0.107. The van der Waals surface area contributed by atoms with Gasteiger partial charge in [-0.3, -0.25) is 4.79 Å². The Morgan fingerprint density at radius 2 is 1.88 bits per heavy atom. The van der Waals surface area contributed by atoms with Gasteiger partial charge in [-0.2, -0.15) is 13.2 Å². The lowest BCUT2D eigenvalue weighted by molar-refractivity contribution is -0.162. The first-order chi connectivity index (χ1) is 12.2. The SMILES string of the molecule is Cc1ccccc1C(C)NC(=O)C1CCN(C(=O)OCC(F)(F)F)CC1. The first-order valence-corrected chi connectivity index (χ1v) is 8.51. The molecule has 2 rings (SSSR count). The number of hydrogen-bond acceptors (Lipinski definition) is 3. The van der Waals surface area contributed by atoms with E-state index in [0.717, 1.165) is 11.1 Å². The number of rotatable bonds is 4. The van der Waals surface area contributed by atoms with E-state index in [1.807, 2.05) is 38.1 Å². The highest BCUT2D eigenvalue weighted by Gasteiger charge is 2.33. The van der Waals surface area contributed by atoms with Crippen molar-refractivity contribution in [1.29, 1.82) is 0 Å². The molecule has 1 N–H and O–H groups in total. The molecule has 0 radical (unpaired) electrons. The third-order valence-corrected chi connectivity index (χ3v) is 4.50. The fraction of sp³-hybridized carbons (Fsp3) is 0.556. The van der Waals surface area contributed by atoms with Gasteiger partial charge in [0.25, 0.3) is 0 Å². The minimum Gasteiger partial charge on any atom is -0.440 e. The molecule has 0 aliphatic carbocycles. The molecule has 5 nitrogen and oxygen atoms in total. The molecule has 1 aromatic carbocycles. The second kappa shape index (κ2) is 8.42. The maximum atomic E-state index is 12.4. The van der Waals surface area contributed by atoms with E-state index in [4.69, 9.17) is 0 Å². The summed E-state index contributed by atoms with van der Waals surface area (Å²) in [7, 11) is 0. The number of alkyl halides is 3. The lowest BCUT2D eigenvalue weighted by atomic mass is 9.95. The molecule has 1 saturated heterocycles. The lowest BCUT2D eigenvalue weighted by Gasteiger charge is -2.31. The molecule has 1 fully saturated rings. The molecule has 26 heavy (non-hydrogen) atoms. The Labute approximate surface area is 150 Å². The first-order valence-electron chi connectivity index (χ1n) is 8.51. The number of carbonyl (C=O) groups excluding carboxylic acids is 2. The van der Waals surface area contributed by atoms with Gasteiger partial charge in [-0.25, -0.2) is 4.79 Å². The van der Waals surface area contributed by atoms with Crippen LogP contribution < -0.4 is 5.32 Å². The van der Waals surface area contributed by atoms with Gasteiger partial charge in [0.2, 0.25) is 5.91 Å². The van der Waals surface area contributed by atoms with E-state index in [2.05, 4.69) is 10.1 Å². The Kier molecular flexibility index (Phi) is 6.50. The maximum absolute atomic E-state index is 12.4. The van der Waals surface area contributed by atoms with Crippen LogP contribution in [0.3, 0.4) is 0 Å². The van der Waals surface area contributed by atoms with Gasteiger partial charge in [0, 0.05) is 19.0 Å². The number of halogens is 3. The van der Waals surface area contributed by atoms with E-state index in [0.29, 0.717) is 12.8 Å². The minimum atomic E-state index is -4.54. The number of hydrogen-bond donors (Lipinski definition) is 1. The fourth-order valence-corrected chi connectivity index (χ4v) is 3.04. The molecule has 0 saturated carbocycles. The number of amides is 2. The van der Waals surface area contributed by atoms with Crippen molar-refractivity contribution in [2.24, 2.45) is 5.92 Å². The zero-order valence-corrected chi connectivity index (χ0v) is 14.8. The summed E-state index contributed by atoms with van der Waals surface area (Å²) in [5.74, 6) is -0.378. The van der Waals surface area contributed by atoms with Gasteiger partial charge in [-0.15, -0.1) is 0 Å². The number of ether oxygens (including phenoxy) is 1. The number of likely N-dealkylation sites (tertiary alicyclic amines) is 1. The predicted octanol–water partition coefficient (Wildman–Crippen LogP) is 3.58. The van der Waals surface area contributed by atoms with Crippen LogP contribution in [0.5, 0.6) is 0 Å². The number of nitrogens with zero attached hydrogens (tertiary/aromatic N) is 1. The van der Waals surface area contributed by atoms with Crippen molar-refractivity contribution in [2.45, 2.75) is 38.9 Å². The van der Waals surface area contributed by atoms with Gasteiger partial charge in [0.05, 0.1) is 6.04 Å². The Bertz CT molecular complexity index is 641. The second-order valence-corrected chi connectivity index (χ2v) is 6.52. The standard InChI is InChI=1S/C18H23F3N2O3/c1-12-5-3-4-6-15(12)13(2)22-16(24)14-7-9-23(10-8-14)17(25)26-11-18(19,20)21/h3-6,13-14H,7-11H2,1-2H3,(H,22,24). The van der Waals surface area contributed by atoms with E-state index >= 15 is 0 Å². The summed E-state index contributed by atoms with van der Waals surface area (Å²) in [6, 6.07) is 7.64. The second-order valence-electron chi connectivity index (χ2n) is 6.52. The smallest absolute Gasteiger partial charge is 0.422 e. The van der Waals surface area contributed by atoms with Crippen LogP contribution in [0.4, 0.5) is 18.0 Å². The molecule has 1 atom stereocenters. The highest BCUT2D eigenvalue weighted by atomic mass is 19.4. The first kappa shape index (κ1) is 20.1. The van der Waals surface area contributed by atoms with E-state index in [1.54, 1.807) is 0 Å². The lowest BCUT2D eigenvalue weighted by Crippen LogP contribution is -2.44. The zero-order chi connectivity index (χ0) is 19.3. The van der Waals surface area contributed by atoms with Gasteiger partial charge in [-0.1, -0.05) is 24.3 Å². The Morgan fingerprint density at radius 3 is 2.46 bits per heavy atom. The van der Waals surface area contributed by atoms with Crippen LogP contribution in [0.2, 0.25) is 0 Å². The summed E-state index contributed by atoms with van der Waals surface area (Å²) in [5.41, 5.74) is 2.12. The van der Waals surface area contributed by atoms with Crippen molar-refractivity contribution in [3.8, 4) is 0 Å². The van der Waals surface area contributed by atoms with E-state index in [1.165, 1.54) is 4.90 Å². The molecular formula is C18H23F3N2O3. The molecule has 0 spiro atoms. The van der Waals surface area contributed by atoms with Crippen molar-refractivity contribution in [3.63, 3.8) is 0 Å². The summed E-state index contributed by atoms with van der Waals surface area (Å²) < 4.78 is 40.5. The number of nitrogens with one attached hydrogen (secondary N) is 1. The van der Waals surface area contributed by atoms with Gasteiger partial charge in [0.15, 0.2) is 6.61 Å². The van der Waals surface area contributed by atoms with Crippen molar-refractivity contribution in [1.82, 2.24) is 10.2 Å². The Morgan fingerprint density at radius 1 is 1.27 bits per heavy atom. The normalized spacial score (nSPS) is 16.9. The molecule has 1 heterocycles. The van der Waals surface area contributed by atoms with Crippen LogP contribution in [-0.2, 0) is 9.53 Å². The third kappa shape index (κ3) is 5.64. The molecule has 1 aromatic rings. The maximum Gasteiger partial charge on any atom is 0.422 e. The average molecular weight is 372 g/mol. The van der Waals surface area contributed by atoms with E-state index in [-0.39, 0.29) is 31.0 Å².